The van der Waals surface area contributed by atoms with Crippen LogP contribution >= 0.6 is 0 Å². The van der Waals surface area contributed by atoms with Gasteiger partial charge in [0.2, 0.25) is 5.79 Å². The third-order valence-electron chi connectivity index (χ3n) is 4.62. The third kappa shape index (κ3) is 1.88. The molecule has 2 fully saturated rings. The molecule has 0 unspecified atom stereocenters. The molecule has 1 spiro atoms. The Morgan fingerprint density at radius 2 is 2.16 bits per heavy atom. The number of Topliss-reactive ketones (excluding diaryl/α,β-unsaturated/α-hetero) is 1. The van der Waals surface area contributed by atoms with E-state index in [9.17, 15) is 4.79 Å². The molecule has 0 aromatic heterocycles. The maximum atomic E-state index is 12.3. The molecule has 0 radical (unpaired) electrons. The molecule has 0 bridgehead atoms. The molecular weight excluding hydrogens is 240 g/mol. The Bertz CT molecular complexity index is 484. The first-order valence-electron chi connectivity index (χ1n) is 6.87. The van der Waals surface area contributed by atoms with E-state index >= 15 is 0 Å². The molecule has 0 amide bonds. The molecule has 102 valence electrons. The molecule has 3 nitrogen and oxygen atoms in total. The molecule has 19 heavy (non-hydrogen) atoms. The Morgan fingerprint density at radius 1 is 1.42 bits per heavy atom. The zero-order chi connectivity index (χ0) is 13.8. The number of carbonyl (C=O) groups excluding carboxylic acids is 1. The lowest BCUT2D eigenvalue weighted by Crippen LogP contribution is -2.52. The Kier molecular flexibility index (Phi) is 2.72. The first-order chi connectivity index (χ1) is 8.92. The van der Waals surface area contributed by atoms with Crippen LogP contribution in [0.4, 0.5) is 0 Å². The van der Waals surface area contributed by atoms with Crippen molar-refractivity contribution in [3.8, 4) is 0 Å². The van der Waals surface area contributed by atoms with Crippen molar-refractivity contribution in [3.05, 3.63) is 36.1 Å². The Balaban J connectivity index is 1.91. The van der Waals surface area contributed by atoms with Crippen LogP contribution in [-0.4, -0.2) is 17.7 Å². The van der Waals surface area contributed by atoms with E-state index in [0.717, 1.165) is 24.0 Å². The number of allylic oxidation sites excluding steroid dienone is 2. The molecule has 2 heterocycles. The van der Waals surface area contributed by atoms with Crippen molar-refractivity contribution in [1.82, 2.24) is 0 Å². The lowest BCUT2D eigenvalue weighted by Gasteiger charge is -2.46. The lowest BCUT2D eigenvalue weighted by atomic mass is 9.73. The van der Waals surface area contributed by atoms with Crippen molar-refractivity contribution in [1.29, 1.82) is 0 Å². The van der Waals surface area contributed by atoms with Gasteiger partial charge in [-0.2, -0.15) is 0 Å². The fourth-order valence-electron chi connectivity index (χ4n) is 3.48. The number of fused-ring (bicyclic) bond motifs is 1. The smallest absolute Gasteiger partial charge is 0.215 e. The van der Waals surface area contributed by atoms with E-state index in [1.54, 1.807) is 0 Å². The first-order valence-corrected chi connectivity index (χ1v) is 6.87. The summed E-state index contributed by atoms with van der Waals surface area (Å²) in [5.74, 6) is 0.663. The third-order valence-corrected chi connectivity index (χ3v) is 4.62. The number of carbonyl (C=O) groups is 1. The fraction of sp³-hybridized carbons (Fsp3) is 0.562. The average molecular weight is 260 g/mol. The monoisotopic (exact) mass is 260 g/mol. The van der Waals surface area contributed by atoms with Crippen LogP contribution in [0, 0.1) is 11.8 Å². The summed E-state index contributed by atoms with van der Waals surface area (Å²) < 4.78 is 11.9. The van der Waals surface area contributed by atoms with Crippen LogP contribution in [0.25, 0.3) is 0 Å². The van der Waals surface area contributed by atoms with Gasteiger partial charge in [0.05, 0.1) is 0 Å². The number of hydrogen-bond acceptors (Lipinski definition) is 3. The minimum atomic E-state index is -0.706. The van der Waals surface area contributed by atoms with Crippen molar-refractivity contribution in [2.75, 3.05) is 0 Å². The predicted octanol–water partition coefficient (Wildman–Crippen LogP) is 3.13. The molecule has 0 aromatic rings. The van der Waals surface area contributed by atoms with Gasteiger partial charge in [0.25, 0.3) is 0 Å². The van der Waals surface area contributed by atoms with Gasteiger partial charge in [-0.15, -0.1) is 0 Å². The van der Waals surface area contributed by atoms with E-state index in [1.165, 1.54) is 0 Å². The molecule has 0 N–H and O–H groups in total. The first kappa shape index (κ1) is 12.7. The number of ether oxygens (including phenoxy) is 2. The number of ketones is 1. The number of rotatable bonds is 0. The van der Waals surface area contributed by atoms with Gasteiger partial charge in [-0.25, -0.2) is 0 Å². The minimum absolute atomic E-state index is 0.105. The quantitative estimate of drug-likeness (QED) is 0.671. The highest BCUT2D eigenvalue weighted by molar-refractivity contribution is 5.99. The summed E-state index contributed by atoms with van der Waals surface area (Å²) in [4.78, 5) is 12.3. The molecular formula is C16H20O3. The Labute approximate surface area is 114 Å². The van der Waals surface area contributed by atoms with Crippen LogP contribution < -0.4 is 0 Å². The minimum Gasteiger partial charge on any atom is -0.462 e. The molecule has 1 aliphatic carbocycles. The van der Waals surface area contributed by atoms with Crippen LogP contribution in [0.15, 0.2) is 36.1 Å². The summed E-state index contributed by atoms with van der Waals surface area (Å²) in [5.41, 5.74) is 1.68. The van der Waals surface area contributed by atoms with Gasteiger partial charge in [0, 0.05) is 12.8 Å². The molecule has 0 saturated carbocycles. The van der Waals surface area contributed by atoms with Crippen LogP contribution in [0.1, 0.15) is 33.1 Å². The van der Waals surface area contributed by atoms with Gasteiger partial charge in [0.15, 0.2) is 5.78 Å². The SMILES string of the molecule is C=C1C[C@@]2(C[C@H](C)[C@H]3CC=C(C)C(=O)[C@@H]3O2)OC1=C. The van der Waals surface area contributed by atoms with Gasteiger partial charge in [-0.1, -0.05) is 26.2 Å². The highest BCUT2D eigenvalue weighted by atomic mass is 16.7. The summed E-state index contributed by atoms with van der Waals surface area (Å²) >= 11 is 0. The number of hydrogen-bond donors (Lipinski definition) is 0. The van der Waals surface area contributed by atoms with Gasteiger partial charge in [-0.05, 0) is 36.3 Å². The normalized spacial score (nSPS) is 42.1. The van der Waals surface area contributed by atoms with Gasteiger partial charge < -0.3 is 9.47 Å². The largest absolute Gasteiger partial charge is 0.462 e. The lowest BCUT2D eigenvalue weighted by molar-refractivity contribution is -0.265. The standard InChI is InChI=1S/C16H20O3/c1-9-5-6-13-11(3)8-16(19-15(13)14(9)17)7-10(2)12(4)18-16/h5,11,13,15H,2,4,6-8H2,1,3H3/t11-,13+,15+,16+/m0/s1. The summed E-state index contributed by atoms with van der Waals surface area (Å²) in [6, 6.07) is 0. The zero-order valence-electron chi connectivity index (χ0n) is 11.6. The average Bonchev–Trinajstić information content (AvgIpc) is 2.59. The van der Waals surface area contributed by atoms with Gasteiger partial charge in [0.1, 0.15) is 11.9 Å². The van der Waals surface area contributed by atoms with E-state index in [1.807, 2.05) is 13.0 Å². The van der Waals surface area contributed by atoms with Crippen molar-refractivity contribution in [3.63, 3.8) is 0 Å². The van der Waals surface area contributed by atoms with Crippen molar-refractivity contribution < 1.29 is 14.3 Å². The van der Waals surface area contributed by atoms with E-state index in [-0.39, 0.29) is 17.8 Å². The van der Waals surface area contributed by atoms with Gasteiger partial charge in [-0.3, -0.25) is 4.79 Å². The van der Waals surface area contributed by atoms with Crippen molar-refractivity contribution >= 4 is 5.78 Å². The second-order valence-corrected chi connectivity index (χ2v) is 6.09. The van der Waals surface area contributed by atoms with E-state index < -0.39 is 5.79 Å². The maximum absolute atomic E-state index is 12.3. The van der Waals surface area contributed by atoms with Crippen LogP contribution in [0.3, 0.4) is 0 Å². The fourth-order valence-corrected chi connectivity index (χ4v) is 3.48. The molecule has 2 saturated heterocycles. The summed E-state index contributed by atoms with van der Waals surface area (Å²) in [6.07, 6.45) is 4.00. The second kappa shape index (κ2) is 4.07. The molecule has 3 heteroatoms. The highest BCUT2D eigenvalue weighted by Crippen LogP contribution is 2.49. The summed E-state index contributed by atoms with van der Waals surface area (Å²) in [6.45, 7) is 11.8. The van der Waals surface area contributed by atoms with Gasteiger partial charge >= 0.3 is 0 Å². The van der Waals surface area contributed by atoms with E-state index in [2.05, 4.69) is 20.1 Å². The predicted molar refractivity (Wildman–Crippen MR) is 72.2 cm³/mol. The Hall–Kier alpha value is -1.35. The maximum Gasteiger partial charge on any atom is 0.215 e. The summed E-state index contributed by atoms with van der Waals surface area (Å²) in [5, 5.41) is 0. The van der Waals surface area contributed by atoms with E-state index in [4.69, 9.17) is 9.47 Å². The van der Waals surface area contributed by atoms with E-state index in [0.29, 0.717) is 18.1 Å². The zero-order valence-corrected chi connectivity index (χ0v) is 11.6. The van der Waals surface area contributed by atoms with Crippen molar-refractivity contribution in [2.24, 2.45) is 11.8 Å². The van der Waals surface area contributed by atoms with Crippen molar-refractivity contribution in [2.45, 2.75) is 45.0 Å². The molecule has 3 aliphatic rings. The van der Waals surface area contributed by atoms with Crippen LogP contribution in [0.5, 0.6) is 0 Å². The topological polar surface area (TPSA) is 35.5 Å². The molecule has 4 atom stereocenters. The summed E-state index contributed by atoms with van der Waals surface area (Å²) in [7, 11) is 0. The molecule has 3 rings (SSSR count). The Morgan fingerprint density at radius 3 is 2.79 bits per heavy atom. The van der Waals surface area contributed by atoms with Crippen LogP contribution in [-0.2, 0) is 14.3 Å². The molecule has 2 aliphatic heterocycles. The second-order valence-electron chi connectivity index (χ2n) is 6.09. The molecule has 0 aromatic carbocycles. The van der Waals surface area contributed by atoms with Crippen LogP contribution in [0.2, 0.25) is 0 Å². The highest BCUT2D eigenvalue weighted by Gasteiger charge is 2.53.